The van der Waals surface area contributed by atoms with Gasteiger partial charge in [0, 0.05) is 25.4 Å². The van der Waals surface area contributed by atoms with Gasteiger partial charge in [0.05, 0.1) is 22.9 Å². The predicted octanol–water partition coefficient (Wildman–Crippen LogP) is 2.41. The number of hydrogen-bond acceptors (Lipinski definition) is 4. The van der Waals surface area contributed by atoms with Crippen LogP contribution in [0.15, 0.2) is 24.4 Å². The number of aromatic nitrogens is 2. The summed E-state index contributed by atoms with van der Waals surface area (Å²) in [5.41, 5.74) is 1.89. The standard InChI is InChI=1S/C12H12ClN3O2/c1-16-8(2-3-15-16)6-14-10-5-12-11(4-9(10)13)17-7-18-12/h2-5,14H,6-7H2,1H3. The molecule has 5 nitrogen and oxygen atoms in total. The lowest BCUT2D eigenvalue weighted by Gasteiger charge is -2.09. The van der Waals surface area contributed by atoms with Crippen LogP contribution < -0.4 is 14.8 Å². The van der Waals surface area contributed by atoms with Gasteiger partial charge in [0.1, 0.15) is 0 Å². The Labute approximate surface area is 109 Å². The molecule has 2 heterocycles. The number of nitrogens with zero attached hydrogens (tertiary/aromatic N) is 2. The van der Waals surface area contributed by atoms with Crippen LogP contribution in [0.4, 0.5) is 5.69 Å². The predicted molar refractivity (Wildman–Crippen MR) is 68.1 cm³/mol. The number of rotatable bonds is 3. The molecule has 1 aromatic heterocycles. The van der Waals surface area contributed by atoms with E-state index in [0.29, 0.717) is 23.1 Å². The Morgan fingerprint density at radius 2 is 2.17 bits per heavy atom. The fraction of sp³-hybridized carbons (Fsp3) is 0.250. The third kappa shape index (κ3) is 1.97. The Kier molecular flexibility index (Phi) is 2.76. The van der Waals surface area contributed by atoms with E-state index in [0.717, 1.165) is 11.4 Å². The van der Waals surface area contributed by atoms with Crippen molar-refractivity contribution in [3.8, 4) is 11.5 Å². The maximum atomic E-state index is 6.17. The van der Waals surface area contributed by atoms with Crippen molar-refractivity contribution >= 4 is 17.3 Å². The summed E-state index contributed by atoms with van der Waals surface area (Å²) >= 11 is 6.17. The molecule has 94 valence electrons. The highest BCUT2D eigenvalue weighted by Crippen LogP contribution is 2.39. The molecule has 18 heavy (non-hydrogen) atoms. The van der Waals surface area contributed by atoms with E-state index in [1.165, 1.54) is 0 Å². The second-order valence-electron chi connectivity index (χ2n) is 3.99. The highest BCUT2D eigenvalue weighted by atomic mass is 35.5. The van der Waals surface area contributed by atoms with Crippen LogP contribution in [0, 0.1) is 0 Å². The van der Waals surface area contributed by atoms with Crippen molar-refractivity contribution in [3.05, 3.63) is 35.1 Å². The lowest BCUT2D eigenvalue weighted by atomic mass is 10.2. The average molecular weight is 266 g/mol. The molecular weight excluding hydrogens is 254 g/mol. The molecule has 1 N–H and O–H groups in total. The molecule has 1 aromatic carbocycles. The molecule has 0 spiro atoms. The van der Waals surface area contributed by atoms with Crippen LogP contribution in [-0.2, 0) is 13.6 Å². The second kappa shape index (κ2) is 4.42. The third-order valence-corrected chi connectivity index (χ3v) is 3.16. The van der Waals surface area contributed by atoms with E-state index >= 15 is 0 Å². The minimum absolute atomic E-state index is 0.247. The van der Waals surface area contributed by atoms with E-state index in [4.69, 9.17) is 21.1 Å². The van der Waals surface area contributed by atoms with Crippen molar-refractivity contribution < 1.29 is 9.47 Å². The summed E-state index contributed by atoms with van der Waals surface area (Å²) in [4.78, 5) is 0. The molecule has 0 unspecified atom stereocenters. The number of fused-ring (bicyclic) bond motifs is 1. The number of aryl methyl sites for hydroxylation is 1. The summed E-state index contributed by atoms with van der Waals surface area (Å²) in [5.74, 6) is 1.40. The van der Waals surface area contributed by atoms with E-state index < -0.39 is 0 Å². The Balaban J connectivity index is 1.79. The van der Waals surface area contributed by atoms with Gasteiger partial charge in [-0.25, -0.2) is 0 Å². The third-order valence-electron chi connectivity index (χ3n) is 2.84. The fourth-order valence-corrected chi connectivity index (χ4v) is 2.03. The van der Waals surface area contributed by atoms with E-state index in [1.54, 1.807) is 12.3 Å². The Hall–Kier alpha value is -1.88. The van der Waals surface area contributed by atoms with Gasteiger partial charge in [-0.1, -0.05) is 11.6 Å². The van der Waals surface area contributed by atoms with Crippen LogP contribution in [0.5, 0.6) is 11.5 Å². The van der Waals surface area contributed by atoms with Gasteiger partial charge >= 0.3 is 0 Å². The zero-order chi connectivity index (χ0) is 12.5. The number of halogens is 1. The van der Waals surface area contributed by atoms with Crippen LogP contribution in [0.25, 0.3) is 0 Å². The number of anilines is 1. The van der Waals surface area contributed by atoms with Crippen LogP contribution in [0.3, 0.4) is 0 Å². The molecule has 0 aliphatic carbocycles. The van der Waals surface area contributed by atoms with Gasteiger partial charge in [-0.05, 0) is 6.07 Å². The zero-order valence-electron chi connectivity index (χ0n) is 9.81. The van der Waals surface area contributed by atoms with Gasteiger partial charge in [0.15, 0.2) is 11.5 Å². The molecule has 0 fully saturated rings. The van der Waals surface area contributed by atoms with Crippen molar-refractivity contribution in [3.63, 3.8) is 0 Å². The smallest absolute Gasteiger partial charge is 0.231 e. The summed E-state index contributed by atoms with van der Waals surface area (Å²) in [6, 6.07) is 5.56. The maximum absolute atomic E-state index is 6.17. The molecule has 0 bridgehead atoms. The van der Waals surface area contributed by atoms with Crippen molar-refractivity contribution in [2.24, 2.45) is 7.05 Å². The van der Waals surface area contributed by atoms with Crippen LogP contribution in [-0.4, -0.2) is 16.6 Å². The Bertz CT molecular complexity index is 583. The fourth-order valence-electron chi connectivity index (χ4n) is 1.81. The molecule has 0 amide bonds. The zero-order valence-corrected chi connectivity index (χ0v) is 10.6. The van der Waals surface area contributed by atoms with Crippen LogP contribution >= 0.6 is 11.6 Å². The number of hydrogen-bond donors (Lipinski definition) is 1. The molecule has 3 rings (SSSR count). The molecule has 1 aliphatic rings. The lowest BCUT2D eigenvalue weighted by Crippen LogP contribution is -2.05. The molecule has 6 heteroatoms. The Morgan fingerprint density at radius 1 is 1.39 bits per heavy atom. The summed E-state index contributed by atoms with van der Waals surface area (Å²) in [5, 5.41) is 7.98. The second-order valence-corrected chi connectivity index (χ2v) is 4.39. The molecule has 0 saturated heterocycles. The van der Waals surface area contributed by atoms with Gasteiger partial charge in [0.25, 0.3) is 0 Å². The van der Waals surface area contributed by atoms with Crippen molar-refractivity contribution in [2.75, 3.05) is 12.1 Å². The van der Waals surface area contributed by atoms with Crippen molar-refractivity contribution in [1.82, 2.24) is 9.78 Å². The van der Waals surface area contributed by atoms with Gasteiger partial charge < -0.3 is 14.8 Å². The summed E-state index contributed by atoms with van der Waals surface area (Å²) < 4.78 is 12.4. The Morgan fingerprint density at radius 3 is 2.89 bits per heavy atom. The molecule has 2 aromatic rings. The van der Waals surface area contributed by atoms with E-state index in [-0.39, 0.29) is 6.79 Å². The number of benzene rings is 1. The van der Waals surface area contributed by atoms with E-state index in [2.05, 4.69) is 10.4 Å². The maximum Gasteiger partial charge on any atom is 0.231 e. The summed E-state index contributed by atoms with van der Waals surface area (Å²) in [7, 11) is 1.90. The highest BCUT2D eigenvalue weighted by molar-refractivity contribution is 6.33. The van der Waals surface area contributed by atoms with E-state index in [9.17, 15) is 0 Å². The number of ether oxygens (including phenoxy) is 2. The molecule has 0 saturated carbocycles. The first-order valence-corrected chi connectivity index (χ1v) is 5.92. The van der Waals surface area contributed by atoms with Crippen molar-refractivity contribution in [1.29, 1.82) is 0 Å². The van der Waals surface area contributed by atoms with Gasteiger partial charge in [0.2, 0.25) is 6.79 Å². The molecule has 0 radical (unpaired) electrons. The number of nitrogens with one attached hydrogen (secondary N) is 1. The molecule has 1 aliphatic heterocycles. The van der Waals surface area contributed by atoms with Crippen LogP contribution in [0.1, 0.15) is 5.69 Å². The average Bonchev–Trinajstić information content (AvgIpc) is 2.95. The largest absolute Gasteiger partial charge is 0.454 e. The minimum Gasteiger partial charge on any atom is -0.454 e. The monoisotopic (exact) mass is 265 g/mol. The van der Waals surface area contributed by atoms with Gasteiger partial charge in [-0.15, -0.1) is 0 Å². The molecular formula is C12H12ClN3O2. The van der Waals surface area contributed by atoms with Gasteiger partial charge in [-0.3, -0.25) is 4.68 Å². The lowest BCUT2D eigenvalue weighted by molar-refractivity contribution is 0.174. The first kappa shape index (κ1) is 11.2. The van der Waals surface area contributed by atoms with E-state index in [1.807, 2.05) is 23.9 Å². The minimum atomic E-state index is 0.247. The van der Waals surface area contributed by atoms with Gasteiger partial charge in [-0.2, -0.15) is 5.10 Å². The normalized spacial score (nSPS) is 12.8. The van der Waals surface area contributed by atoms with Crippen LogP contribution in [0.2, 0.25) is 5.02 Å². The first-order valence-electron chi connectivity index (χ1n) is 5.54. The SMILES string of the molecule is Cn1nccc1CNc1cc2c(cc1Cl)OCO2. The summed E-state index contributed by atoms with van der Waals surface area (Å²) in [6.45, 7) is 0.896. The topological polar surface area (TPSA) is 48.3 Å². The quantitative estimate of drug-likeness (QED) is 0.926. The molecule has 0 atom stereocenters. The van der Waals surface area contributed by atoms with Crippen molar-refractivity contribution in [2.45, 2.75) is 6.54 Å². The summed E-state index contributed by atoms with van der Waals surface area (Å²) in [6.07, 6.45) is 1.76. The first-order chi connectivity index (χ1) is 8.74. The highest BCUT2D eigenvalue weighted by Gasteiger charge is 2.16.